The molecule has 7 rings (SSSR count). The molecule has 0 unspecified atom stereocenters. The minimum atomic E-state index is -3.65. The number of amides is 2. The Morgan fingerprint density at radius 1 is 0.964 bits per heavy atom. The molecule has 0 radical (unpaired) electrons. The molecular weight excluding hydrogens is 728 g/mol. The molecule has 2 aliphatic rings. The third-order valence-electron chi connectivity index (χ3n) is 9.91. The molecule has 4 heterocycles. The Morgan fingerprint density at radius 3 is 2.53 bits per heavy atom. The van der Waals surface area contributed by atoms with Crippen molar-refractivity contribution in [2.24, 2.45) is 0 Å². The molecule has 16 heteroatoms. The average molecular weight is 775 g/mol. The highest BCUT2D eigenvalue weighted by molar-refractivity contribution is 7.85. The third-order valence-corrected chi connectivity index (χ3v) is 10.5. The van der Waals surface area contributed by atoms with Gasteiger partial charge in [-0.1, -0.05) is 45.0 Å². The van der Waals surface area contributed by atoms with Crippen LogP contribution in [0.2, 0.25) is 0 Å². The van der Waals surface area contributed by atoms with E-state index in [1.165, 1.54) is 23.2 Å². The van der Waals surface area contributed by atoms with Gasteiger partial charge in [-0.25, -0.2) is 13.9 Å². The Balaban J connectivity index is 1.07. The van der Waals surface area contributed by atoms with Crippen molar-refractivity contribution in [3.63, 3.8) is 0 Å². The summed E-state index contributed by atoms with van der Waals surface area (Å²) in [7, 11) is -3.65. The van der Waals surface area contributed by atoms with Crippen molar-refractivity contribution in [2.75, 3.05) is 36.2 Å². The number of pyridine rings is 1. The Labute approximate surface area is 320 Å². The van der Waals surface area contributed by atoms with Crippen LogP contribution in [0.15, 0.2) is 66.9 Å². The molecule has 292 valence electrons. The lowest BCUT2D eigenvalue weighted by Gasteiger charge is -2.33. The van der Waals surface area contributed by atoms with Crippen molar-refractivity contribution >= 4 is 33.6 Å². The number of nitrogens with zero attached hydrogens (tertiary/aromatic N) is 6. The molecule has 1 aliphatic heterocycles. The Kier molecular flexibility index (Phi) is 10.7. The first kappa shape index (κ1) is 38.1. The summed E-state index contributed by atoms with van der Waals surface area (Å²) in [5.74, 6) is 1.40. The summed E-state index contributed by atoms with van der Waals surface area (Å²) in [6.07, 6.45) is 7.41. The van der Waals surface area contributed by atoms with E-state index in [4.69, 9.17) is 18.8 Å². The van der Waals surface area contributed by atoms with Crippen molar-refractivity contribution in [3.05, 3.63) is 89.5 Å². The monoisotopic (exact) mass is 774 g/mol. The number of hydrogen-bond donors (Lipinski definition) is 2. The van der Waals surface area contributed by atoms with E-state index in [1.54, 1.807) is 12.1 Å². The van der Waals surface area contributed by atoms with Gasteiger partial charge in [0.25, 0.3) is 10.1 Å². The number of nitrogens with one attached hydrogen (secondary N) is 2. The summed E-state index contributed by atoms with van der Waals surface area (Å²) < 4.78 is 57.9. The van der Waals surface area contributed by atoms with E-state index in [-0.39, 0.29) is 31.1 Å². The predicted octanol–water partition coefficient (Wildman–Crippen LogP) is 6.86. The molecule has 55 heavy (non-hydrogen) atoms. The second-order valence-electron chi connectivity index (χ2n) is 15.2. The summed E-state index contributed by atoms with van der Waals surface area (Å²) in [6, 6.07) is 17.2. The lowest BCUT2D eigenvalue weighted by Crippen LogP contribution is -2.38. The first-order valence-corrected chi connectivity index (χ1v) is 20.4. The van der Waals surface area contributed by atoms with E-state index in [0.29, 0.717) is 41.8 Å². The minimum Gasteiger partial charge on any atom is -0.491 e. The summed E-state index contributed by atoms with van der Waals surface area (Å²) >= 11 is 0. The maximum atomic E-state index is 14.9. The molecule has 14 nitrogen and oxygen atoms in total. The van der Waals surface area contributed by atoms with Crippen LogP contribution in [-0.2, 0) is 19.7 Å². The number of fused-ring (bicyclic) bond motifs is 2. The maximum absolute atomic E-state index is 14.9. The van der Waals surface area contributed by atoms with Gasteiger partial charge in [-0.05, 0) is 68.4 Å². The van der Waals surface area contributed by atoms with Gasteiger partial charge in [0.05, 0.1) is 29.9 Å². The molecule has 3 atom stereocenters. The number of piperidine rings is 1. The van der Waals surface area contributed by atoms with Crippen LogP contribution >= 0.6 is 0 Å². The molecule has 5 aromatic rings. The molecule has 2 amide bonds. The quantitative estimate of drug-likeness (QED) is 0.107. The van der Waals surface area contributed by atoms with Crippen LogP contribution in [0.4, 0.5) is 21.0 Å². The van der Waals surface area contributed by atoms with Crippen molar-refractivity contribution in [1.82, 2.24) is 29.7 Å². The Morgan fingerprint density at radius 2 is 1.76 bits per heavy atom. The number of hydrogen-bond acceptors (Lipinski definition) is 10. The Hall–Kier alpha value is -5.22. The van der Waals surface area contributed by atoms with E-state index in [9.17, 15) is 17.6 Å². The highest BCUT2D eigenvalue weighted by Gasteiger charge is 2.31. The predicted molar refractivity (Wildman–Crippen MR) is 206 cm³/mol. The molecule has 2 N–H and O–H groups in total. The fourth-order valence-corrected chi connectivity index (χ4v) is 7.52. The number of carbonyl (C=O) groups excluding carboxylic acids is 1. The van der Waals surface area contributed by atoms with Crippen molar-refractivity contribution in [2.45, 2.75) is 83.4 Å². The van der Waals surface area contributed by atoms with Crippen LogP contribution < -0.4 is 25.0 Å². The van der Waals surface area contributed by atoms with Gasteiger partial charge in [-0.3, -0.25) is 13.9 Å². The maximum Gasteiger partial charge on any atom is 0.320 e. The molecule has 0 spiro atoms. The molecule has 3 aromatic heterocycles. The number of halogens is 1. The second kappa shape index (κ2) is 15.5. The van der Waals surface area contributed by atoms with Crippen LogP contribution in [0.25, 0.3) is 11.3 Å². The first-order valence-electron chi connectivity index (χ1n) is 18.5. The van der Waals surface area contributed by atoms with Crippen molar-refractivity contribution in [3.8, 4) is 17.2 Å². The summed E-state index contributed by atoms with van der Waals surface area (Å²) in [6.45, 7) is 8.77. The molecule has 1 aliphatic carbocycles. The lowest BCUT2D eigenvalue weighted by molar-refractivity contribution is 0.171. The number of aromatic nitrogens is 5. The smallest absolute Gasteiger partial charge is 0.320 e. The van der Waals surface area contributed by atoms with Gasteiger partial charge in [0.1, 0.15) is 42.5 Å². The van der Waals surface area contributed by atoms with Crippen LogP contribution in [0.5, 0.6) is 11.5 Å². The number of rotatable bonds is 11. The van der Waals surface area contributed by atoms with Crippen molar-refractivity contribution < 1.29 is 31.3 Å². The van der Waals surface area contributed by atoms with E-state index in [0.717, 1.165) is 48.4 Å². The third kappa shape index (κ3) is 8.86. The van der Waals surface area contributed by atoms with E-state index >= 15 is 0 Å². The minimum absolute atomic E-state index is 0.124. The van der Waals surface area contributed by atoms with Gasteiger partial charge in [0.2, 0.25) is 5.95 Å². The molecule has 1 saturated heterocycles. The molecule has 2 aromatic carbocycles. The largest absolute Gasteiger partial charge is 0.491 e. The number of carbonyl (C=O) groups is 1. The van der Waals surface area contributed by atoms with Crippen LogP contribution in [-0.4, -0.2) is 70.9 Å². The van der Waals surface area contributed by atoms with Gasteiger partial charge < -0.3 is 19.7 Å². The summed E-state index contributed by atoms with van der Waals surface area (Å²) in [5, 5.41) is 19.7. The number of benzene rings is 2. The van der Waals surface area contributed by atoms with E-state index < -0.39 is 27.4 Å². The van der Waals surface area contributed by atoms with E-state index in [1.807, 2.05) is 67.8 Å². The number of urea groups is 1. The summed E-state index contributed by atoms with van der Waals surface area (Å²) in [4.78, 5) is 16.0. The van der Waals surface area contributed by atoms with Crippen LogP contribution in [0, 0.1) is 5.82 Å². The average Bonchev–Trinajstić information content (AvgIpc) is 3.75. The van der Waals surface area contributed by atoms with Crippen molar-refractivity contribution in [1.29, 1.82) is 0 Å². The fraction of sp³-hybridized carbons (Fsp3) is 0.436. The highest BCUT2D eigenvalue weighted by Crippen LogP contribution is 2.39. The van der Waals surface area contributed by atoms with E-state index in [2.05, 4.69) is 32.7 Å². The lowest BCUT2D eigenvalue weighted by atomic mass is 9.85. The van der Waals surface area contributed by atoms with Gasteiger partial charge in [0.15, 0.2) is 5.65 Å². The molecule has 0 saturated carbocycles. The van der Waals surface area contributed by atoms with Gasteiger partial charge in [-0.15, -0.1) is 10.2 Å². The molecule has 1 fully saturated rings. The van der Waals surface area contributed by atoms with Crippen LogP contribution in [0.3, 0.4) is 0 Å². The molecule has 0 bridgehead atoms. The zero-order valence-corrected chi connectivity index (χ0v) is 32.5. The van der Waals surface area contributed by atoms with Gasteiger partial charge in [-0.2, -0.15) is 13.5 Å². The second-order valence-corrected chi connectivity index (χ2v) is 16.8. The van der Waals surface area contributed by atoms with Gasteiger partial charge >= 0.3 is 6.03 Å². The SMILES string of the molecule is C[C@H]1CCCCN1c1nnc2ccc(O[C@@H]3CC[C@H](NC(=O)Nc4cc(C(C)(C)C)nn4-c4cc(F)cc(OCCOS(C)(=O)=O)c4)c4ccccc43)cn12. The standard InChI is InChI=1S/C39H47FN8O6S/c1-25-10-8-9-17-46(25)38-44-43-35-16-13-28(24-47(35)38)54-33-15-14-32(30-11-6-7-12-31(30)33)41-37(49)42-36-23-34(39(2,3)4)45-48(36)27-20-26(40)21-29(22-27)52-18-19-53-55(5,50)51/h6-7,11-13,16,20-25,32-33H,8-10,14-15,17-19H2,1-5H3,(H2,41,42,49)/t25-,32-,33+/m0/s1. The first-order chi connectivity index (χ1) is 26.2. The topological polar surface area (TPSA) is 154 Å². The molecular formula is C39H47FN8O6S. The normalized spacial score (nSPS) is 18.9. The fourth-order valence-electron chi connectivity index (χ4n) is 7.15. The Bertz CT molecular complexity index is 2290. The van der Waals surface area contributed by atoms with Crippen LogP contribution in [0.1, 0.15) is 88.8 Å². The van der Waals surface area contributed by atoms with Gasteiger partial charge in [0, 0.05) is 36.2 Å². The zero-order valence-electron chi connectivity index (χ0n) is 31.7. The highest BCUT2D eigenvalue weighted by atomic mass is 32.2. The number of anilines is 2. The zero-order chi connectivity index (χ0) is 38.9. The number of ether oxygens (including phenoxy) is 2. The summed E-state index contributed by atoms with van der Waals surface area (Å²) in [5.41, 5.74) is 3.28.